The van der Waals surface area contributed by atoms with Crippen molar-refractivity contribution in [2.45, 2.75) is 19.8 Å². The summed E-state index contributed by atoms with van der Waals surface area (Å²) in [6.07, 6.45) is 2.20. The number of hydrogen-bond donors (Lipinski definition) is 0. The number of ketones is 1. The molecule has 0 aromatic heterocycles. The van der Waals surface area contributed by atoms with Crippen LogP contribution in [0.2, 0.25) is 0 Å². The Balaban J connectivity index is 1.97. The predicted molar refractivity (Wildman–Crippen MR) is 62.2 cm³/mol. The van der Waals surface area contributed by atoms with Gasteiger partial charge in [-0.3, -0.25) is 4.79 Å². The molecular formula is C13H17NO. The molecule has 0 aliphatic heterocycles. The fourth-order valence-corrected chi connectivity index (χ4v) is 1.66. The second kappa shape index (κ2) is 4.05. The Bertz CT molecular complexity index is 351. The van der Waals surface area contributed by atoms with E-state index in [1.807, 2.05) is 11.9 Å². The third kappa shape index (κ3) is 2.58. The van der Waals surface area contributed by atoms with Crippen molar-refractivity contribution in [1.29, 1.82) is 0 Å². The molecule has 80 valence electrons. The third-order valence-corrected chi connectivity index (χ3v) is 2.90. The molecule has 0 bridgehead atoms. The summed E-state index contributed by atoms with van der Waals surface area (Å²) < 4.78 is 0. The van der Waals surface area contributed by atoms with E-state index in [1.54, 1.807) is 0 Å². The maximum absolute atomic E-state index is 11.6. The van der Waals surface area contributed by atoms with Crippen molar-refractivity contribution in [3.8, 4) is 0 Å². The van der Waals surface area contributed by atoms with E-state index in [9.17, 15) is 4.79 Å². The quantitative estimate of drug-likeness (QED) is 0.749. The van der Waals surface area contributed by atoms with Crippen LogP contribution in [0.4, 0.5) is 5.69 Å². The number of Topliss-reactive ketones (excluding diaryl/α,β-unsaturated/α-hetero) is 1. The van der Waals surface area contributed by atoms with Crippen LogP contribution in [0, 0.1) is 12.8 Å². The van der Waals surface area contributed by atoms with Crippen LogP contribution >= 0.6 is 0 Å². The van der Waals surface area contributed by atoms with Crippen LogP contribution in [0.25, 0.3) is 0 Å². The topological polar surface area (TPSA) is 20.3 Å². The van der Waals surface area contributed by atoms with Crippen molar-refractivity contribution in [3.63, 3.8) is 0 Å². The summed E-state index contributed by atoms with van der Waals surface area (Å²) in [6.45, 7) is 2.62. The number of likely N-dealkylation sites (N-methyl/N-ethyl adjacent to an activating group) is 1. The first-order valence-electron chi connectivity index (χ1n) is 5.47. The number of anilines is 1. The van der Waals surface area contributed by atoms with Crippen LogP contribution < -0.4 is 4.90 Å². The lowest BCUT2D eigenvalue weighted by atomic mass is 10.2. The van der Waals surface area contributed by atoms with Crippen molar-refractivity contribution < 1.29 is 4.79 Å². The Morgan fingerprint density at radius 2 is 1.93 bits per heavy atom. The van der Waals surface area contributed by atoms with Gasteiger partial charge in [0.15, 0.2) is 5.78 Å². The molecule has 0 radical (unpaired) electrons. The Morgan fingerprint density at radius 3 is 2.47 bits per heavy atom. The van der Waals surface area contributed by atoms with Gasteiger partial charge in [-0.15, -0.1) is 0 Å². The van der Waals surface area contributed by atoms with E-state index in [0.29, 0.717) is 18.2 Å². The Morgan fingerprint density at radius 1 is 1.33 bits per heavy atom. The monoisotopic (exact) mass is 203 g/mol. The van der Waals surface area contributed by atoms with E-state index >= 15 is 0 Å². The van der Waals surface area contributed by atoms with Crippen LogP contribution in [0.5, 0.6) is 0 Å². The first-order chi connectivity index (χ1) is 7.16. The maximum Gasteiger partial charge on any atom is 0.155 e. The second-order valence-corrected chi connectivity index (χ2v) is 4.43. The number of rotatable bonds is 4. The highest BCUT2D eigenvalue weighted by Crippen LogP contribution is 2.30. The van der Waals surface area contributed by atoms with Crippen molar-refractivity contribution in [2.75, 3.05) is 18.5 Å². The molecule has 0 heterocycles. The summed E-state index contributed by atoms with van der Waals surface area (Å²) in [6, 6.07) is 8.28. The lowest BCUT2D eigenvalue weighted by Gasteiger charge is -2.18. The molecule has 0 saturated heterocycles. The van der Waals surface area contributed by atoms with Crippen LogP contribution in [0.15, 0.2) is 24.3 Å². The summed E-state index contributed by atoms with van der Waals surface area (Å²) in [5.41, 5.74) is 2.37. The van der Waals surface area contributed by atoms with Gasteiger partial charge in [-0.05, 0) is 31.9 Å². The third-order valence-electron chi connectivity index (χ3n) is 2.90. The highest BCUT2D eigenvalue weighted by atomic mass is 16.1. The molecular weight excluding hydrogens is 186 g/mol. The van der Waals surface area contributed by atoms with Gasteiger partial charge in [-0.2, -0.15) is 0 Å². The molecule has 1 aliphatic rings. The molecule has 2 heteroatoms. The molecule has 0 spiro atoms. The van der Waals surface area contributed by atoms with Gasteiger partial charge < -0.3 is 4.90 Å². The van der Waals surface area contributed by atoms with Crippen LogP contribution in [-0.4, -0.2) is 19.4 Å². The number of carbonyl (C=O) groups is 1. The largest absolute Gasteiger partial charge is 0.367 e. The minimum atomic E-state index is 0.359. The molecule has 1 fully saturated rings. The van der Waals surface area contributed by atoms with Gasteiger partial charge in [-0.1, -0.05) is 17.7 Å². The summed E-state index contributed by atoms with van der Waals surface area (Å²) in [7, 11) is 1.98. The Labute approximate surface area is 90.9 Å². The molecule has 1 aliphatic carbocycles. The standard InChI is InChI=1S/C13H17NO/c1-10-3-7-12(8-4-10)14(2)9-13(15)11-5-6-11/h3-4,7-8,11H,5-6,9H2,1-2H3. The van der Waals surface area contributed by atoms with E-state index in [4.69, 9.17) is 0 Å². The van der Waals surface area contributed by atoms with Crippen molar-refractivity contribution in [3.05, 3.63) is 29.8 Å². The Kier molecular flexibility index (Phi) is 2.76. The molecule has 1 aromatic carbocycles. The van der Waals surface area contributed by atoms with Crippen LogP contribution in [0.1, 0.15) is 18.4 Å². The van der Waals surface area contributed by atoms with E-state index in [1.165, 1.54) is 5.56 Å². The van der Waals surface area contributed by atoms with E-state index < -0.39 is 0 Å². The van der Waals surface area contributed by atoms with Gasteiger partial charge in [-0.25, -0.2) is 0 Å². The second-order valence-electron chi connectivity index (χ2n) is 4.43. The number of carbonyl (C=O) groups excluding carboxylic acids is 1. The maximum atomic E-state index is 11.6. The zero-order valence-corrected chi connectivity index (χ0v) is 9.36. The molecule has 15 heavy (non-hydrogen) atoms. The average molecular weight is 203 g/mol. The van der Waals surface area contributed by atoms with Crippen molar-refractivity contribution >= 4 is 11.5 Å². The smallest absolute Gasteiger partial charge is 0.155 e. The summed E-state index contributed by atoms with van der Waals surface area (Å²) in [5.74, 6) is 0.746. The minimum Gasteiger partial charge on any atom is -0.367 e. The first-order valence-corrected chi connectivity index (χ1v) is 5.47. The normalized spacial score (nSPS) is 15.1. The van der Waals surface area contributed by atoms with Crippen LogP contribution in [-0.2, 0) is 4.79 Å². The number of hydrogen-bond acceptors (Lipinski definition) is 2. The highest BCUT2D eigenvalue weighted by Gasteiger charge is 2.29. The lowest BCUT2D eigenvalue weighted by Crippen LogP contribution is -2.26. The molecule has 0 unspecified atom stereocenters. The fourth-order valence-electron chi connectivity index (χ4n) is 1.66. The van der Waals surface area contributed by atoms with Gasteiger partial charge in [0.1, 0.15) is 0 Å². The van der Waals surface area contributed by atoms with Gasteiger partial charge in [0.2, 0.25) is 0 Å². The average Bonchev–Trinajstić information content (AvgIpc) is 3.01. The number of nitrogens with zero attached hydrogens (tertiary/aromatic N) is 1. The highest BCUT2D eigenvalue weighted by molar-refractivity contribution is 5.87. The zero-order valence-electron chi connectivity index (χ0n) is 9.36. The molecule has 1 saturated carbocycles. The molecule has 0 amide bonds. The SMILES string of the molecule is Cc1ccc(N(C)CC(=O)C2CC2)cc1. The van der Waals surface area contributed by atoms with Crippen molar-refractivity contribution in [2.24, 2.45) is 5.92 Å². The van der Waals surface area contributed by atoms with Gasteiger partial charge in [0.05, 0.1) is 6.54 Å². The molecule has 2 rings (SSSR count). The van der Waals surface area contributed by atoms with Gasteiger partial charge in [0, 0.05) is 18.7 Å². The van der Waals surface area contributed by atoms with Crippen LogP contribution in [0.3, 0.4) is 0 Å². The molecule has 1 aromatic rings. The zero-order chi connectivity index (χ0) is 10.8. The first kappa shape index (κ1) is 10.2. The van der Waals surface area contributed by atoms with Gasteiger partial charge in [0.25, 0.3) is 0 Å². The lowest BCUT2D eigenvalue weighted by molar-refractivity contribution is -0.118. The predicted octanol–water partition coefficient (Wildman–Crippen LogP) is 2.41. The molecule has 0 N–H and O–H groups in total. The summed E-state index contributed by atoms with van der Waals surface area (Å²) in [5, 5.41) is 0. The summed E-state index contributed by atoms with van der Waals surface area (Å²) >= 11 is 0. The molecule has 2 nitrogen and oxygen atoms in total. The van der Waals surface area contributed by atoms with E-state index in [2.05, 4.69) is 31.2 Å². The molecule has 0 atom stereocenters. The van der Waals surface area contributed by atoms with Gasteiger partial charge >= 0.3 is 0 Å². The minimum absolute atomic E-state index is 0.359. The fraction of sp³-hybridized carbons (Fsp3) is 0.462. The summed E-state index contributed by atoms with van der Waals surface area (Å²) in [4.78, 5) is 13.6. The Hall–Kier alpha value is -1.31. The van der Waals surface area contributed by atoms with E-state index in [0.717, 1.165) is 18.5 Å². The van der Waals surface area contributed by atoms with E-state index in [-0.39, 0.29) is 0 Å². The number of benzene rings is 1. The number of aryl methyl sites for hydroxylation is 1. The van der Waals surface area contributed by atoms with Crippen molar-refractivity contribution in [1.82, 2.24) is 0 Å².